The fraction of sp³-hybridized carbons (Fsp3) is 0.394. The second kappa shape index (κ2) is 9.67. The van der Waals surface area contributed by atoms with Crippen LogP contribution < -0.4 is 9.47 Å². The average Bonchev–Trinajstić information content (AvgIpc) is 3.43. The number of likely N-dealkylation sites (tertiary alicyclic amines) is 1. The van der Waals surface area contributed by atoms with Crippen LogP contribution in [-0.4, -0.2) is 51.3 Å². The number of hydrogen-bond acceptors (Lipinski definition) is 6. The zero-order valence-electron chi connectivity index (χ0n) is 23.7. The number of carboxylic acid groups (broad SMARTS) is 1. The van der Waals surface area contributed by atoms with Gasteiger partial charge in [-0.2, -0.15) is 0 Å². The number of benzene rings is 3. The molecule has 0 bridgehead atoms. The molecule has 222 valence electrons. The topological polar surface area (TPSA) is 86.1 Å². The highest BCUT2D eigenvalue weighted by Crippen LogP contribution is 2.60. The summed E-state index contributed by atoms with van der Waals surface area (Å²) in [5, 5.41) is 9.85. The molecule has 1 spiro atoms. The maximum absolute atomic E-state index is 14.8. The molecule has 2 saturated heterocycles. The zero-order valence-corrected chi connectivity index (χ0v) is 24.4. The average molecular weight is 604 g/mol. The molecule has 1 N–H and O–H groups in total. The van der Waals surface area contributed by atoms with E-state index < -0.39 is 17.6 Å². The van der Waals surface area contributed by atoms with Gasteiger partial charge in [0.25, 0.3) is 5.79 Å². The third-order valence-corrected chi connectivity index (χ3v) is 9.80. The molecule has 2 atom stereocenters. The smallest absolute Gasteiger partial charge is 0.335 e. The number of halogens is 2. The van der Waals surface area contributed by atoms with E-state index in [-0.39, 0.29) is 17.1 Å². The lowest BCUT2D eigenvalue weighted by atomic mass is 9.56. The molecule has 4 aromatic rings. The van der Waals surface area contributed by atoms with Gasteiger partial charge in [-0.1, -0.05) is 23.7 Å². The largest absolute Gasteiger partial charge is 0.478 e. The minimum Gasteiger partial charge on any atom is -0.478 e. The Morgan fingerprint density at radius 1 is 1.14 bits per heavy atom. The van der Waals surface area contributed by atoms with Crippen molar-refractivity contribution in [2.45, 2.75) is 57.1 Å². The molecule has 1 unspecified atom stereocenters. The van der Waals surface area contributed by atoms with Crippen LogP contribution in [0, 0.1) is 11.2 Å². The van der Waals surface area contributed by atoms with Gasteiger partial charge in [-0.05, 0) is 73.1 Å². The number of aromatic nitrogens is 2. The van der Waals surface area contributed by atoms with Crippen molar-refractivity contribution in [3.63, 3.8) is 0 Å². The van der Waals surface area contributed by atoms with Crippen molar-refractivity contribution in [1.29, 1.82) is 0 Å². The Labute approximate surface area is 252 Å². The summed E-state index contributed by atoms with van der Waals surface area (Å²) in [4.78, 5) is 18.9. The minimum absolute atomic E-state index is 0.136. The van der Waals surface area contributed by atoms with Gasteiger partial charge in [-0.25, -0.2) is 14.2 Å². The van der Waals surface area contributed by atoms with Crippen LogP contribution in [0.4, 0.5) is 4.39 Å². The van der Waals surface area contributed by atoms with Gasteiger partial charge in [0.2, 0.25) is 0 Å². The fourth-order valence-electron chi connectivity index (χ4n) is 7.38. The van der Waals surface area contributed by atoms with Crippen LogP contribution in [0.3, 0.4) is 0 Å². The third-order valence-electron chi connectivity index (χ3n) is 9.57. The second-order valence-corrected chi connectivity index (χ2v) is 13.1. The lowest BCUT2D eigenvalue weighted by Crippen LogP contribution is -2.61. The van der Waals surface area contributed by atoms with E-state index in [1.807, 2.05) is 12.1 Å². The Hall–Kier alpha value is -3.66. The highest BCUT2D eigenvalue weighted by atomic mass is 35.5. The first kappa shape index (κ1) is 26.9. The number of nitrogens with zero attached hydrogens (tertiary/aromatic N) is 3. The highest BCUT2D eigenvalue weighted by Gasteiger charge is 2.54. The Morgan fingerprint density at radius 3 is 2.67 bits per heavy atom. The van der Waals surface area contributed by atoms with E-state index in [2.05, 4.69) is 15.5 Å². The standard InChI is InChI=1S/C33H31ClFN3O5/c1-32(24-7-6-21(34)12-25(24)35)42-28-4-2-3-23(30(28)43-32)20-13-33(14-20)17-37(18-33)16-29-36-26-8-5-19(31(39)40)11-27(26)38(29)15-22-9-10-41-22/h2-8,11-12,20,22H,9-10,13-18H2,1H3,(H,39,40)/t22-,32?/m0/s1. The van der Waals surface area contributed by atoms with Crippen LogP contribution in [-0.2, 0) is 23.6 Å². The summed E-state index contributed by atoms with van der Waals surface area (Å²) in [6, 6.07) is 15.6. The quantitative estimate of drug-likeness (QED) is 0.264. The monoisotopic (exact) mass is 603 g/mol. The molecule has 1 aromatic heterocycles. The van der Waals surface area contributed by atoms with Crippen LogP contribution in [0.25, 0.3) is 11.0 Å². The molecule has 3 aliphatic heterocycles. The number of rotatable bonds is 7. The van der Waals surface area contributed by atoms with Gasteiger partial charge >= 0.3 is 5.97 Å². The van der Waals surface area contributed by atoms with Gasteiger partial charge in [0.05, 0.1) is 41.4 Å². The summed E-state index contributed by atoms with van der Waals surface area (Å²) in [6.07, 6.45) is 3.22. The molecule has 10 heteroatoms. The van der Waals surface area contributed by atoms with Gasteiger partial charge in [0.15, 0.2) is 11.5 Å². The minimum atomic E-state index is -1.26. The molecule has 8 nitrogen and oxygen atoms in total. The van der Waals surface area contributed by atoms with Crippen molar-refractivity contribution in [3.8, 4) is 11.5 Å². The van der Waals surface area contributed by atoms with Crippen molar-refractivity contribution in [3.05, 3.63) is 88.0 Å². The van der Waals surface area contributed by atoms with E-state index in [0.717, 1.165) is 61.4 Å². The first-order valence-corrected chi connectivity index (χ1v) is 15.1. The number of hydrogen-bond donors (Lipinski definition) is 1. The van der Waals surface area contributed by atoms with Gasteiger partial charge in [0.1, 0.15) is 11.6 Å². The SMILES string of the molecule is CC1(c2ccc(Cl)cc2F)Oc2cccc(C3CC4(C3)CN(Cc3nc5ccc(C(=O)O)cc5n3C[C@@H]3CCO3)C4)c2O1. The van der Waals surface area contributed by atoms with Gasteiger partial charge in [-0.15, -0.1) is 0 Å². The maximum atomic E-state index is 14.8. The lowest BCUT2D eigenvalue weighted by Gasteiger charge is -2.59. The molecule has 3 fully saturated rings. The van der Waals surface area contributed by atoms with E-state index >= 15 is 0 Å². The van der Waals surface area contributed by atoms with Crippen LogP contribution >= 0.6 is 11.6 Å². The zero-order chi connectivity index (χ0) is 29.5. The van der Waals surface area contributed by atoms with Crippen LogP contribution in [0.1, 0.15) is 59.4 Å². The van der Waals surface area contributed by atoms with E-state index in [9.17, 15) is 14.3 Å². The van der Waals surface area contributed by atoms with Crippen molar-refractivity contribution in [2.75, 3.05) is 19.7 Å². The Balaban J connectivity index is 0.958. The summed E-state index contributed by atoms with van der Waals surface area (Å²) in [7, 11) is 0. The second-order valence-electron chi connectivity index (χ2n) is 12.6. The van der Waals surface area contributed by atoms with Gasteiger partial charge in [0, 0.05) is 37.2 Å². The Bertz CT molecular complexity index is 1770. The summed E-state index contributed by atoms with van der Waals surface area (Å²) in [5.74, 6) is -0.0512. The first-order valence-electron chi connectivity index (χ1n) is 14.7. The van der Waals surface area contributed by atoms with Crippen LogP contribution in [0.2, 0.25) is 5.02 Å². The van der Waals surface area contributed by atoms with Crippen molar-refractivity contribution >= 4 is 28.6 Å². The van der Waals surface area contributed by atoms with Crippen molar-refractivity contribution in [2.24, 2.45) is 5.41 Å². The molecule has 8 rings (SSSR count). The number of ether oxygens (including phenoxy) is 3. The van der Waals surface area contributed by atoms with Crippen molar-refractivity contribution < 1.29 is 28.5 Å². The molecule has 4 heterocycles. The molecule has 3 aromatic carbocycles. The number of fused-ring (bicyclic) bond motifs is 2. The summed E-state index contributed by atoms with van der Waals surface area (Å²) >= 11 is 5.97. The van der Waals surface area contributed by atoms with Crippen molar-refractivity contribution in [1.82, 2.24) is 14.5 Å². The maximum Gasteiger partial charge on any atom is 0.335 e. The normalized spacial score (nSPS) is 24.1. The number of para-hydroxylation sites is 1. The molecule has 4 aliphatic rings. The number of carbonyl (C=O) groups is 1. The highest BCUT2D eigenvalue weighted by molar-refractivity contribution is 6.30. The molecule has 0 radical (unpaired) electrons. The fourth-order valence-corrected chi connectivity index (χ4v) is 7.54. The number of carboxylic acids is 1. The summed E-state index contributed by atoms with van der Waals surface area (Å²) in [5.41, 5.74) is 3.59. The molecule has 43 heavy (non-hydrogen) atoms. The van der Waals surface area contributed by atoms with E-state index in [0.29, 0.717) is 41.1 Å². The Kier molecular flexibility index (Phi) is 6.06. The van der Waals surface area contributed by atoms with Gasteiger partial charge in [-0.3, -0.25) is 4.90 Å². The van der Waals surface area contributed by atoms with Crippen LogP contribution in [0.15, 0.2) is 54.6 Å². The predicted molar refractivity (Wildman–Crippen MR) is 157 cm³/mol. The molecule has 1 saturated carbocycles. The molecular formula is C33H31ClFN3O5. The summed E-state index contributed by atoms with van der Waals surface area (Å²) in [6.45, 7) is 5.85. The van der Waals surface area contributed by atoms with E-state index in [1.165, 1.54) is 6.07 Å². The number of imidazole rings is 1. The van der Waals surface area contributed by atoms with E-state index in [4.69, 9.17) is 30.8 Å². The van der Waals surface area contributed by atoms with Crippen LogP contribution in [0.5, 0.6) is 11.5 Å². The molecule has 1 aliphatic carbocycles. The first-order chi connectivity index (χ1) is 20.7. The Morgan fingerprint density at radius 2 is 1.95 bits per heavy atom. The predicted octanol–water partition coefficient (Wildman–Crippen LogP) is 6.34. The molecule has 0 amide bonds. The lowest BCUT2D eigenvalue weighted by molar-refractivity contribution is -0.0839. The number of aromatic carboxylic acids is 1. The molecular weight excluding hydrogens is 573 g/mol. The third kappa shape index (κ3) is 4.48. The van der Waals surface area contributed by atoms with E-state index in [1.54, 1.807) is 37.3 Å². The van der Waals surface area contributed by atoms with Gasteiger partial charge < -0.3 is 23.9 Å². The summed E-state index contributed by atoms with van der Waals surface area (Å²) < 4.78 is 35.2.